The number of carbonyl (C=O) groups is 1. The highest BCUT2D eigenvalue weighted by Crippen LogP contribution is 2.20. The lowest BCUT2D eigenvalue weighted by Gasteiger charge is -2.03. The SMILES string of the molecule is O=C(Cc1ncc[nH]1)c1cc(I)ccc1Br. The molecule has 1 aromatic carbocycles. The zero-order valence-electron chi connectivity index (χ0n) is 8.21. The zero-order valence-corrected chi connectivity index (χ0v) is 11.9. The van der Waals surface area contributed by atoms with Gasteiger partial charge in [-0.3, -0.25) is 4.79 Å². The van der Waals surface area contributed by atoms with E-state index in [-0.39, 0.29) is 5.78 Å². The molecule has 3 nitrogen and oxygen atoms in total. The number of aromatic nitrogens is 2. The molecule has 0 saturated heterocycles. The molecule has 0 aliphatic rings. The number of hydrogen-bond acceptors (Lipinski definition) is 2. The van der Waals surface area contributed by atoms with Gasteiger partial charge in [-0.2, -0.15) is 0 Å². The molecular weight excluding hydrogens is 383 g/mol. The van der Waals surface area contributed by atoms with Crippen LogP contribution in [0.25, 0.3) is 0 Å². The maximum Gasteiger partial charge on any atom is 0.171 e. The molecule has 1 N–H and O–H groups in total. The van der Waals surface area contributed by atoms with Gasteiger partial charge in [0.05, 0.1) is 6.42 Å². The fraction of sp³-hybridized carbons (Fsp3) is 0.0909. The Morgan fingerprint density at radius 2 is 2.31 bits per heavy atom. The normalized spacial score (nSPS) is 10.4. The van der Waals surface area contributed by atoms with E-state index in [0.29, 0.717) is 17.8 Å². The van der Waals surface area contributed by atoms with Gasteiger partial charge in [0.15, 0.2) is 5.78 Å². The number of nitrogens with zero attached hydrogens (tertiary/aromatic N) is 1. The van der Waals surface area contributed by atoms with E-state index in [4.69, 9.17) is 0 Å². The molecule has 2 aromatic rings. The summed E-state index contributed by atoms with van der Waals surface area (Å²) in [5, 5.41) is 0. The van der Waals surface area contributed by atoms with E-state index in [2.05, 4.69) is 48.5 Å². The van der Waals surface area contributed by atoms with Crippen LogP contribution in [0.2, 0.25) is 0 Å². The highest BCUT2D eigenvalue weighted by Gasteiger charge is 2.12. The van der Waals surface area contributed by atoms with Gasteiger partial charge in [-0.05, 0) is 40.8 Å². The number of nitrogens with one attached hydrogen (secondary N) is 1. The Labute approximate surface area is 115 Å². The van der Waals surface area contributed by atoms with Crippen LogP contribution in [0.15, 0.2) is 35.1 Å². The Kier molecular flexibility index (Phi) is 3.75. The van der Waals surface area contributed by atoms with Crippen molar-refractivity contribution in [3.05, 3.63) is 50.0 Å². The van der Waals surface area contributed by atoms with Crippen molar-refractivity contribution in [1.82, 2.24) is 9.97 Å². The zero-order chi connectivity index (χ0) is 11.5. The number of imidazole rings is 1. The number of ketones is 1. The van der Waals surface area contributed by atoms with E-state index < -0.39 is 0 Å². The number of carbonyl (C=O) groups excluding carboxylic acids is 1. The summed E-state index contributed by atoms with van der Waals surface area (Å²) in [6, 6.07) is 5.71. The van der Waals surface area contributed by atoms with E-state index in [1.165, 1.54) is 0 Å². The molecule has 1 heterocycles. The molecule has 16 heavy (non-hydrogen) atoms. The third-order valence-corrected chi connectivity index (χ3v) is 3.47. The van der Waals surface area contributed by atoms with Crippen LogP contribution >= 0.6 is 38.5 Å². The quantitative estimate of drug-likeness (QED) is 0.646. The first-order chi connectivity index (χ1) is 7.66. The molecule has 0 fully saturated rings. The van der Waals surface area contributed by atoms with Gasteiger partial charge < -0.3 is 4.98 Å². The fourth-order valence-electron chi connectivity index (χ4n) is 1.35. The van der Waals surface area contributed by atoms with Crippen LogP contribution in [-0.4, -0.2) is 15.8 Å². The van der Waals surface area contributed by atoms with E-state index in [1.807, 2.05) is 18.2 Å². The van der Waals surface area contributed by atoms with Crippen LogP contribution in [0.1, 0.15) is 16.2 Å². The third-order valence-electron chi connectivity index (χ3n) is 2.11. The first-order valence-electron chi connectivity index (χ1n) is 4.63. The predicted octanol–water partition coefficient (Wildman–Crippen LogP) is 3.20. The van der Waals surface area contributed by atoms with Gasteiger partial charge in [0.2, 0.25) is 0 Å². The minimum Gasteiger partial charge on any atom is -0.348 e. The van der Waals surface area contributed by atoms with Gasteiger partial charge in [-0.15, -0.1) is 0 Å². The molecule has 0 aliphatic carbocycles. The molecule has 0 amide bonds. The molecule has 0 spiro atoms. The highest BCUT2D eigenvalue weighted by atomic mass is 127. The van der Waals surface area contributed by atoms with E-state index in [0.717, 1.165) is 8.04 Å². The highest BCUT2D eigenvalue weighted by molar-refractivity contribution is 14.1. The number of benzene rings is 1. The molecule has 0 aliphatic heterocycles. The van der Waals surface area contributed by atoms with Crippen molar-refractivity contribution < 1.29 is 4.79 Å². The minimum atomic E-state index is 0.0559. The Balaban J connectivity index is 2.24. The predicted molar refractivity (Wildman–Crippen MR) is 73.5 cm³/mol. The number of halogens is 2. The Hall–Kier alpha value is -0.690. The molecule has 2 rings (SSSR count). The number of aromatic amines is 1. The summed E-state index contributed by atoms with van der Waals surface area (Å²) in [6.07, 6.45) is 3.66. The van der Waals surface area contributed by atoms with Gasteiger partial charge in [0, 0.05) is 26.0 Å². The number of Topliss-reactive ketones (excluding diaryl/α,β-unsaturated/α-hetero) is 1. The molecule has 0 atom stereocenters. The second-order valence-corrected chi connectivity index (χ2v) is 5.36. The standard InChI is InChI=1S/C11H8BrIN2O/c12-9-2-1-7(13)5-8(9)10(16)6-11-14-3-4-15-11/h1-5H,6H2,(H,14,15). The van der Waals surface area contributed by atoms with Gasteiger partial charge in [0.25, 0.3) is 0 Å². The molecular formula is C11H8BrIN2O. The lowest BCUT2D eigenvalue weighted by molar-refractivity contribution is 0.0990. The van der Waals surface area contributed by atoms with E-state index in [1.54, 1.807) is 12.4 Å². The maximum absolute atomic E-state index is 12.0. The van der Waals surface area contributed by atoms with Gasteiger partial charge >= 0.3 is 0 Å². The minimum absolute atomic E-state index is 0.0559. The smallest absolute Gasteiger partial charge is 0.171 e. The second kappa shape index (κ2) is 5.09. The largest absolute Gasteiger partial charge is 0.348 e. The number of hydrogen-bond donors (Lipinski definition) is 1. The average Bonchev–Trinajstić information content (AvgIpc) is 2.74. The van der Waals surface area contributed by atoms with Crippen molar-refractivity contribution in [3.63, 3.8) is 0 Å². The van der Waals surface area contributed by atoms with Crippen molar-refractivity contribution >= 4 is 44.3 Å². The molecule has 0 bridgehead atoms. The van der Waals surface area contributed by atoms with Crippen LogP contribution in [0.5, 0.6) is 0 Å². The third kappa shape index (κ3) is 2.70. The van der Waals surface area contributed by atoms with E-state index >= 15 is 0 Å². The number of rotatable bonds is 3. The Bertz CT molecular complexity index is 511. The summed E-state index contributed by atoms with van der Waals surface area (Å²) in [4.78, 5) is 19.0. The van der Waals surface area contributed by atoms with E-state index in [9.17, 15) is 4.79 Å². The monoisotopic (exact) mass is 390 g/mol. The number of H-pyrrole nitrogens is 1. The average molecular weight is 391 g/mol. The molecule has 0 unspecified atom stereocenters. The second-order valence-electron chi connectivity index (χ2n) is 3.26. The summed E-state index contributed by atoms with van der Waals surface area (Å²) < 4.78 is 1.87. The first kappa shape index (κ1) is 11.8. The summed E-state index contributed by atoms with van der Waals surface area (Å²) >= 11 is 5.57. The van der Waals surface area contributed by atoms with Crippen molar-refractivity contribution in [2.75, 3.05) is 0 Å². The van der Waals surface area contributed by atoms with Crippen LogP contribution in [-0.2, 0) is 6.42 Å². The Morgan fingerprint density at radius 1 is 1.50 bits per heavy atom. The lowest BCUT2D eigenvalue weighted by Crippen LogP contribution is -2.06. The Morgan fingerprint density at radius 3 is 3.00 bits per heavy atom. The van der Waals surface area contributed by atoms with Crippen LogP contribution in [0, 0.1) is 3.57 Å². The van der Waals surface area contributed by atoms with Gasteiger partial charge in [-0.1, -0.05) is 15.9 Å². The summed E-state index contributed by atoms with van der Waals surface area (Å²) in [6.45, 7) is 0. The summed E-state index contributed by atoms with van der Waals surface area (Å²) in [5.41, 5.74) is 0.698. The van der Waals surface area contributed by atoms with Crippen molar-refractivity contribution in [2.24, 2.45) is 0 Å². The van der Waals surface area contributed by atoms with Crippen molar-refractivity contribution in [2.45, 2.75) is 6.42 Å². The molecule has 82 valence electrons. The molecule has 5 heteroatoms. The molecule has 0 saturated carbocycles. The van der Waals surface area contributed by atoms with Crippen molar-refractivity contribution in [3.8, 4) is 0 Å². The van der Waals surface area contributed by atoms with Crippen LogP contribution < -0.4 is 0 Å². The fourth-order valence-corrected chi connectivity index (χ4v) is 2.31. The van der Waals surface area contributed by atoms with Gasteiger partial charge in [0.1, 0.15) is 5.82 Å². The van der Waals surface area contributed by atoms with Gasteiger partial charge in [-0.25, -0.2) is 4.98 Å². The lowest BCUT2D eigenvalue weighted by atomic mass is 10.1. The molecule has 1 aromatic heterocycles. The van der Waals surface area contributed by atoms with Crippen molar-refractivity contribution in [1.29, 1.82) is 0 Å². The maximum atomic E-state index is 12.0. The first-order valence-corrected chi connectivity index (χ1v) is 6.50. The van der Waals surface area contributed by atoms with Crippen LogP contribution in [0.3, 0.4) is 0 Å². The van der Waals surface area contributed by atoms with Crippen LogP contribution in [0.4, 0.5) is 0 Å². The topological polar surface area (TPSA) is 45.8 Å². The summed E-state index contributed by atoms with van der Waals surface area (Å²) in [5.74, 6) is 0.746. The summed E-state index contributed by atoms with van der Waals surface area (Å²) in [7, 11) is 0. The molecule has 0 radical (unpaired) electrons.